The topological polar surface area (TPSA) is 29.1 Å². The first-order valence-electron chi connectivity index (χ1n) is 4.13. The molecule has 0 atom stereocenters. The summed E-state index contributed by atoms with van der Waals surface area (Å²) in [5.41, 5.74) is 0.328. The Kier molecular flexibility index (Phi) is 6.07. The lowest BCUT2D eigenvalue weighted by Gasteiger charge is -2.13. The molecule has 1 rings (SSSR count). The molecular formula is C8H10F5NO. The number of carbonyl (C=O) groups is 1. The summed E-state index contributed by atoms with van der Waals surface area (Å²) >= 11 is 0. The lowest BCUT2D eigenvalue weighted by atomic mass is 10.1. The number of hydrogen-bond acceptors (Lipinski definition) is 2. The second-order valence-electron chi connectivity index (χ2n) is 2.77. The highest BCUT2D eigenvalue weighted by atomic mass is 19.4. The summed E-state index contributed by atoms with van der Waals surface area (Å²) in [5.74, 6) is 0. The number of halogens is 5. The van der Waals surface area contributed by atoms with Crippen LogP contribution in [0.1, 0.15) is 12.8 Å². The van der Waals surface area contributed by atoms with Crippen LogP contribution in [-0.4, -0.2) is 25.6 Å². The minimum absolute atomic E-state index is 0.328. The Morgan fingerprint density at radius 1 is 1.20 bits per heavy atom. The van der Waals surface area contributed by atoms with E-state index in [2.05, 4.69) is 5.32 Å². The fourth-order valence-corrected chi connectivity index (χ4v) is 0.918. The third-order valence-corrected chi connectivity index (χ3v) is 1.61. The zero-order valence-corrected chi connectivity index (χ0v) is 7.70. The van der Waals surface area contributed by atoms with Gasteiger partial charge in [0.15, 0.2) is 0 Å². The Bertz CT molecular complexity index is 224. The minimum Gasteiger partial charge on any atom is -0.316 e. The summed E-state index contributed by atoms with van der Waals surface area (Å²) in [4.78, 5) is 8.70. The first kappa shape index (κ1) is 14.0. The van der Waals surface area contributed by atoms with Gasteiger partial charge in [0.05, 0.1) is 0 Å². The smallest absolute Gasteiger partial charge is 0.316 e. The van der Waals surface area contributed by atoms with E-state index < -0.39 is 18.5 Å². The van der Waals surface area contributed by atoms with Gasteiger partial charge in [0.2, 0.25) is 6.29 Å². The van der Waals surface area contributed by atoms with Crippen LogP contribution in [-0.2, 0) is 4.79 Å². The van der Waals surface area contributed by atoms with Crippen LogP contribution >= 0.6 is 0 Å². The van der Waals surface area contributed by atoms with Crippen molar-refractivity contribution in [3.63, 3.8) is 0 Å². The summed E-state index contributed by atoms with van der Waals surface area (Å²) in [6.45, 7) is 1.40. The zero-order valence-electron chi connectivity index (χ0n) is 7.70. The van der Waals surface area contributed by atoms with E-state index in [1.807, 2.05) is 0 Å². The predicted molar refractivity (Wildman–Crippen MR) is 43.5 cm³/mol. The molecule has 7 heteroatoms. The fraction of sp³-hybridized carbons (Fsp3) is 0.625. The highest BCUT2D eigenvalue weighted by Gasteiger charge is 2.24. The van der Waals surface area contributed by atoms with Gasteiger partial charge < -0.3 is 5.32 Å². The molecule has 0 bridgehead atoms. The van der Waals surface area contributed by atoms with Crippen LogP contribution < -0.4 is 5.32 Å². The van der Waals surface area contributed by atoms with Crippen molar-refractivity contribution in [1.82, 2.24) is 5.32 Å². The van der Waals surface area contributed by atoms with E-state index in [9.17, 15) is 22.0 Å². The monoisotopic (exact) mass is 231 g/mol. The number of piperidine rings is 1. The number of carbonyl (C=O) groups excluding carboxylic acids is 1. The van der Waals surface area contributed by atoms with Crippen LogP contribution in [0.15, 0.2) is 11.7 Å². The van der Waals surface area contributed by atoms with Gasteiger partial charge >= 0.3 is 6.18 Å². The Morgan fingerprint density at radius 2 is 1.60 bits per heavy atom. The molecule has 0 saturated carbocycles. The summed E-state index contributed by atoms with van der Waals surface area (Å²) < 4.78 is 54.8. The van der Waals surface area contributed by atoms with Crippen molar-refractivity contribution in [2.24, 2.45) is 0 Å². The normalized spacial score (nSPS) is 16.5. The van der Waals surface area contributed by atoms with Crippen LogP contribution in [0.2, 0.25) is 0 Å². The second-order valence-corrected chi connectivity index (χ2v) is 2.77. The van der Waals surface area contributed by atoms with Gasteiger partial charge in [-0.1, -0.05) is 0 Å². The van der Waals surface area contributed by atoms with E-state index >= 15 is 0 Å². The molecule has 0 radical (unpaired) electrons. The number of alkyl halides is 3. The van der Waals surface area contributed by atoms with Crippen molar-refractivity contribution in [2.75, 3.05) is 13.1 Å². The molecule has 1 N–H and O–H groups in total. The first-order valence-corrected chi connectivity index (χ1v) is 4.13. The van der Waals surface area contributed by atoms with Gasteiger partial charge in [-0.15, -0.1) is 0 Å². The summed E-state index contributed by atoms with van der Waals surface area (Å²) in [6, 6.07) is 0. The van der Waals surface area contributed by atoms with Crippen molar-refractivity contribution in [1.29, 1.82) is 0 Å². The molecule has 1 aliphatic heterocycles. The molecule has 0 amide bonds. The number of aldehydes is 1. The van der Waals surface area contributed by atoms with Crippen molar-refractivity contribution >= 4 is 6.29 Å². The van der Waals surface area contributed by atoms with E-state index in [1.54, 1.807) is 0 Å². The van der Waals surface area contributed by atoms with Gasteiger partial charge in [-0.05, 0) is 31.5 Å². The molecule has 0 unspecified atom stereocenters. The summed E-state index contributed by atoms with van der Waals surface area (Å²) in [6.07, 6.45) is -6.14. The molecule has 1 heterocycles. The average Bonchev–Trinajstić information content (AvgIpc) is 2.19. The Labute approximate surface area is 83.1 Å². The van der Waals surface area contributed by atoms with E-state index in [4.69, 9.17) is 4.79 Å². The maximum atomic E-state index is 11.8. The van der Waals surface area contributed by atoms with Crippen LogP contribution in [0.25, 0.3) is 0 Å². The summed E-state index contributed by atoms with van der Waals surface area (Å²) in [5, 5.41) is 3.00. The molecule has 0 spiro atoms. The predicted octanol–water partition coefficient (Wildman–Crippen LogP) is 2.27. The third-order valence-electron chi connectivity index (χ3n) is 1.61. The molecule has 88 valence electrons. The SMILES string of the molecule is FC(F)=C1CCNCC1.O=CC(F)(F)F. The number of rotatable bonds is 0. The van der Waals surface area contributed by atoms with Crippen LogP contribution in [0.3, 0.4) is 0 Å². The second kappa shape index (κ2) is 6.49. The standard InChI is InChI=1S/C6H9F2N.C2HF3O/c7-6(8)5-1-3-9-4-2-5;3-2(4,5)1-6/h9H,1-4H2;1H. The minimum atomic E-state index is -4.64. The molecule has 1 aliphatic rings. The van der Waals surface area contributed by atoms with Crippen molar-refractivity contribution in [3.05, 3.63) is 11.7 Å². The van der Waals surface area contributed by atoms with Crippen LogP contribution in [0.5, 0.6) is 0 Å². The first-order chi connectivity index (χ1) is 6.87. The molecule has 0 aliphatic carbocycles. The Hall–Kier alpha value is -0.980. The van der Waals surface area contributed by atoms with Crippen molar-refractivity contribution in [2.45, 2.75) is 19.0 Å². The fourth-order valence-electron chi connectivity index (χ4n) is 0.918. The maximum absolute atomic E-state index is 11.8. The van der Waals surface area contributed by atoms with Gasteiger partial charge in [0, 0.05) is 0 Å². The largest absolute Gasteiger partial charge is 0.446 e. The Balaban J connectivity index is 0.000000288. The van der Waals surface area contributed by atoms with Crippen LogP contribution in [0, 0.1) is 0 Å². The quantitative estimate of drug-likeness (QED) is 0.511. The van der Waals surface area contributed by atoms with Gasteiger partial charge in [-0.3, -0.25) is 4.79 Å². The van der Waals surface area contributed by atoms with E-state index in [1.165, 1.54) is 0 Å². The van der Waals surface area contributed by atoms with Crippen molar-refractivity contribution < 1.29 is 26.7 Å². The molecule has 0 aromatic carbocycles. The van der Waals surface area contributed by atoms with Gasteiger partial charge in [0.1, 0.15) is 0 Å². The van der Waals surface area contributed by atoms with E-state index in [0.29, 0.717) is 31.5 Å². The van der Waals surface area contributed by atoms with Crippen molar-refractivity contribution in [3.8, 4) is 0 Å². The van der Waals surface area contributed by atoms with E-state index in [0.717, 1.165) is 0 Å². The summed E-state index contributed by atoms with van der Waals surface area (Å²) in [7, 11) is 0. The van der Waals surface area contributed by atoms with Gasteiger partial charge in [-0.25, -0.2) is 0 Å². The zero-order chi connectivity index (χ0) is 11.9. The molecule has 15 heavy (non-hydrogen) atoms. The molecule has 0 aromatic rings. The Morgan fingerprint density at radius 3 is 1.80 bits per heavy atom. The van der Waals surface area contributed by atoms with Gasteiger partial charge in [0.25, 0.3) is 6.08 Å². The lowest BCUT2D eigenvalue weighted by molar-refractivity contribution is -0.156. The molecule has 2 nitrogen and oxygen atoms in total. The highest BCUT2D eigenvalue weighted by molar-refractivity contribution is 5.56. The molecule has 1 saturated heterocycles. The number of hydrogen-bond donors (Lipinski definition) is 1. The molecule has 1 fully saturated rings. The van der Waals surface area contributed by atoms with Crippen LogP contribution in [0.4, 0.5) is 22.0 Å². The number of nitrogens with one attached hydrogen (secondary N) is 1. The third kappa shape index (κ3) is 8.04. The molecule has 0 aromatic heterocycles. The molecular weight excluding hydrogens is 221 g/mol. The highest BCUT2D eigenvalue weighted by Crippen LogP contribution is 2.16. The average molecular weight is 231 g/mol. The van der Waals surface area contributed by atoms with Gasteiger partial charge in [-0.2, -0.15) is 22.0 Å². The lowest BCUT2D eigenvalue weighted by Crippen LogP contribution is -2.23. The van der Waals surface area contributed by atoms with E-state index in [-0.39, 0.29) is 0 Å². The maximum Gasteiger partial charge on any atom is 0.446 e.